The minimum absolute atomic E-state index is 0.0146. The number of aliphatic hydroxyl groups excluding tert-OH is 1. The molecular weight excluding hydrogens is 408 g/mol. The zero-order chi connectivity index (χ0) is 22.1. The number of hydrogen-bond acceptors (Lipinski definition) is 7. The minimum atomic E-state index is -3.85. The van der Waals surface area contributed by atoms with Gasteiger partial charge in [-0.25, -0.2) is 13.4 Å². The molecule has 30 heavy (non-hydrogen) atoms. The largest absolute Gasteiger partial charge is 0.493 e. The van der Waals surface area contributed by atoms with Crippen LogP contribution in [0.15, 0.2) is 34.0 Å². The molecule has 2 aromatic rings. The molecule has 1 aliphatic rings. The summed E-state index contributed by atoms with van der Waals surface area (Å²) in [6.07, 6.45) is -0.864. The van der Waals surface area contributed by atoms with Gasteiger partial charge in [0.25, 0.3) is 5.56 Å². The minimum Gasteiger partial charge on any atom is -0.493 e. The molecule has 0 spiro atoms. The van der Waals surface area contributed by atoms with Gasteiger partial charge in [-0.3, -0.25) is 9.69 Å². The lowest BCUT2D eigenvalue weighted by molar-refractivity contribution is -0.0184. The summed E-state index contributed by atoms with van der Waals surface area (Å²) in [4.78, 5) is 21.1. The lowest BCUT2D eigenvalue weighted by Crippen LogP contribution is -2.53. The van der Waals surface area contributed by atoms with Crippen LogP contribution in [-0.2, 0) is 10.0 Å². The Hall–Kier alpha value is -2.27. The number of β-amino-alcohol motifs (C(OH)–C–C–N with tert-alkyl or cyclic N) is 1. The highest BCUT2D eigenvalue weighted by atomic mass is 32.2. The van der Waals surface area contributed by atoms with Crippen LogP contribution in [0, 0.1) is 0 Å². The third kappa shape index (κ3) is 4.56. The highest BCUT2D eigenvalue weighted by molar-refractivity contribution is 7.89. The number of rotatable bonds is 6. The second-order valence-electron chi connectivity index (χ2n) is 7.59. The second-order valence-corrected chi connectivity index (χ2v) is 9.53. The number of hydrogen-bond donors (Lipinski definition) is 2. The van der Waals surface area contributed by atoms with E-state index in [4.69, 9.17) is 4.74 Å². The monoisotopic (exact) mass is 436 g/mol. The van der Waals surface area contributed by atoms with Gasteiger partial charge in [-0.1, -0.05) is 13.8 Å². The summed E-state index contributed by atoms with van der Waals surface area (Å²) in [5, 5.41) is 10.1. The Bertz CT molecular complexity index is 1070. The Morgan fingerprint density at radius 1 is 1.30 bits per heavy atom. The fourth-order valence-electron chi connectivity index (χ4n) is 3.23. The first-order valence-corrected chi connectivity index (χ1v) is 11.3. The van der Waals surface area contributed by atoms with Crippen LogP contribution >= 0.6 is 0 Å². The maximum absolute atomic E-state index is 13.2. The van der Waals surface area contributed by atoms with Crippen LogP contribution in [0.2, 0.25) is 0 Å². The van der Waals surface area contributed by atoms with Crippen molar-refractivity contribution in [1.29, 1.82) is 0 Å². The number of aliphatic hydroxyl groups is 1. The molecule has 1 aromatic heterocycles. The van der Waals surface area contributed by atoms with E-state index in [1.165, 1.54) is 22.5 Å². The molecule has 0 aliphatic carbocycles. The highest BCUT2D eigenvalue weighted by Gasteiger charge is 2.32. The lowest BCUT2D eigenvalue weighted by atomic mass is 10.1. The molecule has 0 radical (unpaired) electrons. The molecule has 9 nitrogen and oxygen atoms in total. The molecule has 1 unspecified atom stereocenters. The number of aromatic amines is 1. The molecule has 2 N–H and O–H groups in total. The number of ether oxygens (including phenoxy) is 1. The zero-order valence-corrected chi connectivity index (χ0v) is 18.4. The van der Waals surface area contributed by atoms with Gasteiger partial charge in [-0.2, -0.15) is 4.31 Å². The van der Waals surface area contributed by atoms with Crippen molar-refractivity contribution in [3.05, 3.63) is 40.3 Å². The van der Waals surface area contributed by atoms with Crippen molar-refractivity contribution in [2.75, 3.05) is 33.3 Å². The quantitative estimate of drug-likeness (QED) is 0.699. The van der Waals surface area contributed by atoms with E-state index in [9.17, 15) is 18.3 Å². The Morgan fingerprint density at radius 3 is 2.67 bits per heavy atom. The molecular formula is C20H28N4O5S. The van der Waals surface area contributed by atoms with E-state index < -0.39 is 16.3 Å². The molecule has 1 saturated heterocycles. The van der Waals surface area contributed by atoms with E-state index in [2.05, 4.69) is 9.97 Å². The number of benzene rings is 1. The van der Waals surface area contributed by atoms with Gasteiger partial charge < -0.3 is 14.8 Å². The van der Waals surface area contributed by atoms with E-state index in [1.54, 1.807) is 18.0 Å². The van der Waals surface area contributed by atoms with E-state index in [-0.39, 0.29) is 35.3 Å². The first kappa shape index (κ1) is 22.4. The molecule has 1 atom stereocenters. The molecule has 1 aliphatic heterocycles. The molecule has 164 valence electrons. The van der Waals surface area contributed by atoms with Crippen LogP contribution in [0.4, 0.5) is 0 Å². The van der Waals surface area contributed by atoms with Crippen LogP contribution in [0.5, 0.6) is 5.75 Å². The van der Waals surface area contributed by atoms with Gasteiger partial charge in [0.05, 0.1) is 29.3 Å². The first-order chi connectivity index (χ1) is 14.1. The van der Waals surface area contributed by atoms with Gasteiger partial charge in [-0.15, -0.1) is 0 Å². The van der Waals surface area contributed by atoms with Crippen molar-refractivity contribution in [3.63, 3.8) is 0 Å². The van der Waals surface area contributed by atoms with Crippen molar-refractivity contribution < 1.29 is 18.3 Å². The van der Waals surface area contributed by atoms with Gasteiger partial charge in [-0.05, 0) is 38.1 Å². The average molecular weight is 437 g/mol. The Morgan fingerprint density at radius 2 is 2.03 bits per heavy atom. The number of aromatic nitrogens is 2. The van der Waals surface area contributed by atoms with Crippen LogP contribution in [0.25, 0.3) is 11.4 Å². The number of sulfonamides is 1. The average Bonchev–Trinajstić information content (AvgIpc) is 2.69. The fraction of sp³-hybridized carbons (Fsp3) is 0.500. The predicted molar refractivity (Wildman–Crippen MR) is 113 cm³/mol. The summed E-state index contributed by atoms with van der Waals surface area (Å²) >= 11 is 0. The summed E-state index contributed by atoms with van der Waals surface area (Å²) in [7, 11) is -2.10. The predicted octanol–water partition coefficient (Wildman–Crippen LogP) is 1.21. The van der Waals surface area contributed by atoms with Crippen molar-refractivity contribution in [1.82, 2.24) is 19.2 Å². The second kappa shape index (κ2) is 8.84. The van der Waals surface area contributed by atoms with Crippen LogP contribution in [-0.4, -0.2) is 72.2 Å². The van der Waals surface area contributed by atoms with E-state index >= 15 is 0 Å². The van der Waals surface area contributed by atoms with Crippen molar-refractivity contribution in [3.8, 4) is 17.1 Å². The van der Waals surface area contributed by atoms with E-state index in [1.807, 2.05) is 20.8 Å². The molecule has 10 heteroatoms. The normalized spacial score (nSPS) is 18.7. The van der Waals surface area contributed by atoms with Crippen LogP contribution in [0.1, 0.15) is 32.4 Å². The van der Waals surface area contributed by atoms with Gasteiger partial charge in [0.15, 0.2) is 0 Å². The molecule has 0 saturated carbocycles. The molecule has 0 amide bonds. The highest BCUT2D eigenvalue weighted by Crippen LogP contribution is 2.32. The Labute approximate surface area is 176 Å². The molecule has 3 rings (SSSR count). The van der Waals surface area contributed by atoms with Crippen molar-refractivity contribution in [2.24, 2.45) is 0 Å². The van der Waals surface area contributed by atoms with Gasteiger partial charge in [0.2, 0.25) is 10.0 Å². The number of piperazine rings is 1. The Balaban J connectivity index is 2.09. The topological polar surface area (TPSA) is 116 Å². The summed E-state index contributed by atoms with van der Waals surface area (Å²) in [6, 6.07) is 5.94. The number of likely N-dealkylation sites (N-methyl/N-ethyl adjacent to an activating group) is 1. The maximum Gasteiger partial charge on any atom is 0.251 e. The van der Waals surface area contributed by atoms with Crippen LogP contribution in [0.3, 0.4) is 0 Å². The summed E-state index contributed by atoms with van der Waals surface area (Å²) < 4.78 is 33.3. The van der Waals surface area contributed by atoms with E-state index in [0.717, 1.165) is 0 Å². The standard InChI is InChI=1S/C20H28N4O5S/c1-5-29-17-7-6-14(30(27,28)24-9-8-23(4)19(26)12-24)10-15(17)20-21-16(13(2)3)11-18(25)22-20/h6-7,10-11,13,19,26H,5,8-9,12H2,1-4H3,(H,21,22,25). The number of nitrogens with one attached hydrogen (secondary N) is 1. The number of nitrogens with zero attached hydrogens (tertiary/aromatic N) is 3. The van der Waals surface area contributed by atoms with Gasteiger partial charge in [0, 0.05) is 19.2 Å². The van der Waals surface area contributed by atoms with E-state index in [0.29, 0.717) is 30.2 Å². The first-order valence-electron chi connectivity index (χ1n) is 9.90. The third-order valence-corrected chi connectivity index (χ3v) is 6.94. The fourth-order valence-corrected chi connectivity index (χ4v) is 4.69. The molecule has 2 heterocycles. The third-order valence-electron chi connectivity index (χ3n) is 5.07. The molecule has 1 aromatic carbocycles. The van der Waals surface area contributed by atoms with Crippen molar-refractivity contribution >= 4 is 10.0 Å². The van der Waals surface area contributed by atoms with Crippen molar-refractivity contribution in [2.45, 2.75) is 37.8 Å². The summed E-state index contributed by atoms with van der Waals surface area (Å²) in [6.45, 7) is 6.73. The number of H-pyrrole nitrogens is 1. The zero-order valence-electron chi connectivity index (χ0n) is 17.6. The smallest absolute Gasteiger partial charge is 0.251 e. The molecule has 0 bridgehead atoms. The summed E-state index contributed by atoms with van der Waals surface area (Å²) in [5.74, 6) is 0.712. The van der Waals surface area contributed by atoms with Crippen LogP contribution < -0.4 is 10.3 Å². The SMILES string of the molecule is CCOc1ccc(S(=O)(=O)N2CCN(C)C(O)C2)cc1-c1nc(C(C)C)cc(=O)[nH]1. The maximum atomic E-state index is 13.2. The van der Waals surface area contributed by atoms with Gasteiger partial charge in [0.1, 0.15) is 17.8 Å². The molecule has 1 fully saturated rings. The lowest BCUT2D eigenvalue weighted by Gasteiger charge is -2.35. The summed E-state index contributed by atoms with van der Waals surface area (Å²) in [5.41, 5.74) is 0.681. The Kier molecular flexibility index (Phi) is 6.61. The van der Waals surface area contributed by atoms with Gasteiger partial charge >= 0.3 is 0 Å².